The molecule has 0 aromatic carbocycles. The van der Waals surface area contributed by atoms with Crippen LogP contribution in [0.2, 0.25) is 13.1 Å². The predicted molar refractivity (Wildman–Crippen MR) is 54.8 cm³/mol. The maximum Gasteiger partial charge on any atom is 0.369 e. The van der Waals surface area contributed by atoms with Crippen LogP contribution in [0.15, 0.2) is 24.1 Å². The van der Waals surface area contributed by atoms with Gasteiger partial charge in [0.15, 0.2) is 5.76 Å². The van der Waals surface area contributed by atoms with E-state index in [2.05, 4.69) is 6.58 Å². The Kier molecular flexibility index (Phi) is 4.48. The van der Waals surface area contributed by atoms with Crippen molar-refractivity contribution in [3.63, 3.8) is 0 Å². The van der Waals surface area contributed by atoms with Gasteiger partial charge < -0.3 is 9.53 Å². The third kappa shape index (κ3) is 4.52. The number of rotatable bonds is 5. The van der Waals surface area contributed by atoms with Gasteiger partial charge in [-0.3, -0.25) is 0 Å². The highest BCUT2D eigenvalue weighted by molar-refractivity contribution is 6.76. The summed E-state index contributed by atoms with van der Waals surface area (Å²) in [6, 6.07) is 0. The monoisotopic (exact) mass is 200 g/mol. The van der Waals surface area contributed by atoms with Crippen LogP contribution < -0.4 is 0 Å². The van der Waals surface area contributed by atoms with Crippen LogP contribution in [0.1, 0.15) is 13.3 Å². The maximum absolute atomic E-state index is 10.7. The number of carboxylic acid groups (broad SMARTS) is 1. The van der Waals surface area contributed by atoms with E-state index in [1.54, 1.807) is 11.8 Å². The summed E-state index contributed by atoms with van der Waals surface area (Å²) in [6.45, 7) is 9.28. The Morgan fingerprint density at radius 1 is 1.62 bits per heavy atom. The molecule has 0 fully saturated rings. The Bertz CT molecular complexity index is 231. The summed E-state index contributed by atoms with van der Waals surface area (Å²) >= 11 is 0. The van der Waals surface area contributed by atoms with Crippen molar-refractivity contribution in [2.45, 2.75) is 26.4 Å². The Hall–Kier alpha value is -1.03. The van der Waals surface area contributed by atoms with E-state index >= 15 is 0 Å². The minimum atomic E-state index is -2.03. The number of hydrogen-bond acceptors (Lipinski definition) is 2. The van der Waals surface area contributed by atoms with E-state index in [1.807, 2.05) is 20.0 Å². The third-order valence-corrected chi connectivity index (χ3v) is 3.19. The summed E-state index contributed by atoms with van der Waals surface area (Å²) in [5.74, 6) is -0.969. The van der Waals surface area contributed by atoms with Crippen LogP contribution in [0.4, 0.5) is 0 Å². The molecule has 0 saturated heterocycles. The van der Waals surface area contributed by atoms with Crippen molar-refractivity contribution in [1.29, 1.82) is 0 Å². The second-order valence-electron chi connectivity index (χ2n) is 3.19. The van der Waals surface area contributed by atoms with Gasteiger partial charge in [-0.15, -0.1) is 6.58 Å². The summed E-state index contributed by atoms with van der Waals surface area (Å²) in [5, 5.41) is 8.76. The van der Waals surface area contributed by atoms with Crippen molar-refractivity contribution in [2.24, 2.45) is 0 Å². The molecule has 0 unspecified atom stereocenters. The quantitative estimate of drug-likeness (QED) is 0.421. The molecule has 0 aromatic heterocycles. The van der Waals surface area contributed by atoms with Gasteiger partial charge in [0, 0.05) is 0 Å². The Balaban J connectivity index is 4.53. The number of allylic oxidation sites excluding steroid dienone is 1. The average molecular weight is 200 g/mol. The largest absolute Gasteiger partial charge is 0.536 e. The van der Waals surface area contributed by atoms with Crippen LogP contribution in [0.25, 0.3) is 0 Å². The highest BCUT2D eigenvalue weighted by Gasteiger charge is 2.23. The first kappa shape index (κ1) is 12.0. The van der Waals surface area contributed by atoms with Crippen LogP contribution >= 0.6 is 0 Å². The summed E-state index contributed by atoms with van der Waals surface area (Å²) in [5.41, 5.74) is 1.71. The van der Waals surface area contributed by atoms with Crippen LogP contribution in [0.5, 0.6) is 0 Å². The van der Waals surface area contributed by atoms with E-state index in [1.165, 1.54) is 0 Å². The van der Waals surface area contributed by atoms with Crippen LogP contribution in [0, 0.1) is 0 Å². The van der Waals surface area contributed by atoms with Gasteiger partial charge in [0.1, 0.15) is 0 Å². The number of hydrogen-bond donors (Lipinski definition) is 1. The van der Waals surface area contributed by atoms with Gasteiger partial charge in [-0.25, -0.2) is 4.79 Å². The normalized spacial score (nSPS) is 12.4. The number of carbonyl (C=O) groups is 1. The fraction of sp³-hybridized carbons (Fsp3) is 0.444. The van der Waals surface area contributed by atoms with Crippen molar-refractivity contribution >= 4 is 14.3 Å². The van der Waals surface area contributed by atoms with Gasteiger partial charge >= 0.3 is 5.97 Å². The van der Waals surface area contributed by atoms with Crippen molar-refractivity contribution in [3.05, 3.63) is 24.1 Å². The SMILES string of the molecule is C=C[Si](C)(C)OC(=CCC)C(=O)O. The molecule has 0 aliphatic heterocycles. The first-order chi connectivity index (χ1) is 5.93. The molecular weight excluding hydrogens is 184 g/mol. The van der Waals surface area contributed by atoms with Gasteiger partial charge in [-0.2, -0.15) is 0 Å². The number of aliphatic carboxylic acids is 1. The van der Waals surface area contributed by atoms with Crippen LogP contribution in [-0.2, 0) is 9.22 Å². The summed E-state index contributed by atoms with van der Waals surface area (Å²) < 4.78 is 5.37. The summed E-state index contributed by atoms with van der Waals surface area (Å²) in [7, 11) is -2.03. The third-order valence-electron chi connectivity index (χ3n) is 1.46. The van der Waals surface area contributed by atoms with E-state index in [9.17, 15) is 4.79 Å². The molecule has 1 N–H and O–H groups in total. The second-order valence-corrected chi connectivity index (χ2v) is 7.01. The van der Waals surface area contributed by atoms with E-state index in [0.29, 0.717) is 6.42 Å². The van der Waals surface area contributed by atoms with Crippen molar-refractivity contribution in [3.8, 4) is 0 Å². The van der Waals surface area contributed by atoms with Gasteiger partial charge in [-0.05, 0) is 25.6 Å². The fourth-order valence-corrected chi connectivity index (χ4v) is 1.50. The van der Waals surface area contributed by atoms with Gasteiger partial charge in [0.05, 0.1) is 0 Å². The van der Waals surface area contributed by atoms with E-state index in [4.69, 9.17) is 9.53 Å². The first-order valence-electron chi connectivity index (χ1n) is 4.19. The molecule has 0 saturated carbocycles. The molecule has 0 amide bonds. The Morgan fingerprint density at radius 2 is 2.15 bits per heavy atom. The molecule has 0 aromatic rings. The highest BCUT2D eigenvalue weighted by Crippen LogP contribution is 2.12. The molecular formula is C9H16O3Si. The van der Waals surface area contributed by atoms with Gasteiger partial charge in [0.2, 0.25) is 0 Å². The molecule has 3 nitrogen and oxygen atoms in total. The standard InChI is InChI=1S/C9H16O3Si/c1-5-7-8(9(10)11)12-13(3,4)6-2/h6-7H,2,5H2,1,3-4H3,(H,10,11). The first-order valence-corrected chi connectivity index (χ1v) is 7.17. The van der Waals surface area contributed by atoms with E-state index in [-0.39, 0.29) is 5.76 Å². The van der Waals surface area contributed by atoms with Crippen molar-refractivity contribution < 1.29 is 14.3 Å². The lowest BCUT2D eigenvalue weighted by Gasteiger charge is -2.19. The predicted octanol–water partition coefficient (Wildman–Crippen LogP) is 2.31. The van der Waals surface area contributed by atoms with Crippen LogP contribution in [-0.4, -0.2) is 19.4 Å². The molecule has 0 heterocycles. The van der Waals surface area contributed by atoms with Crippen LogP contribution in [0.3, 0.4) is 0 Å². The zero-order chi connectivity index (χ0) is 10.5. The minimum Gasteiger partial charge on any atom is -0.536 e. The average Bonchev–Trinajstić information content (AvgIpc) is 2.03. The second kappa shape index (κ2) is 4.86. The topological polar surface area (TPSA) is 46.5 Å². The minimum absolute atomic E-state index is 0.0408. The molecule has 0 aliphatic carbocycles. The zero-order valence-electron chi connectivity index (χ0n) is 8.33. The molecule has 13 heavy (non-hydrogen) atoms. The zero-order valence-corrected chi connectivity index (χ0v) is 9.33. The molecule has 0 radical (unpaired) electrons. The van der Waals surface area contributed by atoms with Crippen molar-refractivity contribution in [1.82, 2.24) is 0 Å². The summed E-state index contributed by atoms with van der Waals surface area (Å²) in [6.07, 6.45) is 2.23. The van der Waals surface area contributed by atoms with Crippen molar-refractivity contribution in [2.75, 3.05) is 0 Å². The lowest BCUT2D eigenvalue weighted by atomic mass is 10.4. The van der Waals surface area contributed by atoms with Gasteiger partial charge in [0.25, 0.3) is 8.32 Å². The molecule has 0 rings (SSSR count). The molecule has 0 bridgehead atoms. The molecule has 4 heteroatoms. The van der Waals surface area contributed by atoms with E-state index < -0.39 is 14.3 Å². The number of carboxylic acids is 1. The van der Waals surface area contributed by atoms with Gasteiger partial charge in [-0.1, -0.05) is 12.6 Å². The Labute approximate surface area is 79.9 Å². The lowest BCUT2D eigenvalue weighted by Crippen LogP contribution is -2.29. The molecule has 0 spiro atoms. The lowest BCUT2D eigenvalue weighted by molar-refractivity contribution is -0.135. The maximum atomic E-state index is 10.7. The Morgan fingerprint density at radius 3 is 2.46 bits per heavy atom. The molecule has 0 atom stereocenters. The summed E-state index contributed by atoms with van der Waals surface area (Å²) in [4.78, 5) is 10.7. The molecule has 0 aliphatic rings. The fourth-order valence-electron chi connectivity index (χ4n) is 0.683. The highest BCUT2D eigenvalue weighted by atomic mass is 28.4. The molecule has 74 valence electrons. The smallest absolute Gasteiger partial charge is 0.369 e. The van der Waals surface area contributed by atoms with E-state index in [0.717, 1.165) is 0 Å².